The van der Waals surface area contributed by atoms with Crippen molar-refractivity contribution < 1.29 is 9.66 Å². The van der Waals surface area contributed by atoms with Gasteiger partial charge in [0.15, 0.2) is 0 Å². The van der Waals surface area contributed by atoms with Gasteiger partial charge in [-0.25, -0.2) is 4.98 Å². The summed E-state index contributed by atoms with van der Waals surface area (Å²) in [7, 11) is 3.71. The number of nitro groups is 1. The van der Waals surface area contributed by atoms with Crippen LogP contribution in [0, 0.1) is 10.1 Å². The first-order valence-electron chi connectivity index (χ1n) is 9.22. The Balaban J connectivity index is 1.75. The molecule has 156 valence electrons. The van der Waals surface area contributed by atoms with Crippen molar-refractivity contribution in [2.45, 2.75) is 10.1 Å². The predicted molar refractivity (Wildman–Crippen MR) is 111 cm³/mol. The molecule has 0 aliphatic carbocycles. The van der Waals surface area contributed by atoms with E-state index in [1.807, 2.05) is 12.1 Å². The summed E-state index contributed by atoms with van der Waals surface area (Å²) in [4.78, 5) is 27.7. The third kappa shape index (κ3) is 4.19. The number of piperazine rings is 1. The van der Waals surface area contributed by atoms with Crippen LogP contribution in [0.4, 0.5) is 11.5 Å². The number of pyridine rings is 1. The van der Waals surface area contributed by atoms with Gasteiger partial charge in [0, 0.05) is 38.4 Å². The van der Waals surface area contributed by atoms with Gasteiger partial charge in [0.25, 0.3) is 0 Å². The van der Waals surface area contributed by atoms with Crippen LogP contribution in [-0.4, -0.2) is 75.3 Å². The molecule has 4 rings (SSSR count). The van der Waals surface area contributed by atoms with Crippen LogP contribution >= 0.6 is 11.8 Å². The van der Waals surface area contributed by atoms with Crippen molar-refractivity contribution in [1.29, 1.82) is 0 Å². The Bertz CT molecular complexity index is 1040. The van der Waals surface area contributed by atoms with Gasteiger partial charge in [-0.15, -0.1) is 0 Å². The Kier molecular flexibility index (Phi) is 5.77. The second-order valence-electron chi connectivity index (χ2n) is 6.68. The smallest absolute Gasteiger partial charge is 0.383 e. The molecule has 0 spiro atoms. The third-order valence-corrected chi connectivity index (χ3v) is 5.54. The molecule has 1 saturated heterocycles. The van der Waals surface area contributed by atoms with Gasteiger partial charge >= 0.3 is 5.82 Å². The van der Waals surface area contributed by atoms with Crippen LogP contribution in [0.25, 0.3) is 11.4 Å². The highest BCUT2D eigenvalue weighted by Gasteiger charge is 2.25. The first-order chi connectivity index (χ1) is 14.5. The van der Waals surface area contributed by atoms with E-state index in [2.05, 4.69) is 37.0 Å². The van der Waals surface area contributed by atoms with Crippen LogP contribution in [0.3, 0.4) is 0 Å². The summed E-state index contributed by atoms with van der Waals surface area (Å²) in [6.45, 7) is 3.55. The fraction of sp³-hybridized carbons (Fsp3) is 0.333. The number of H-pyrrole nitrogens is 1. The number of hydrogen-bond acceptors (Lipinski definition) is 10. The number of aromatic amines is 1. The van der Waals surface area contributed by atoms with Gasteiger partial charge in [0.05, 0.1) is 13.3 Å². The number of nitrogens with zero attached hydrogens (tertiary/aromatic N) is 7. The van der Waals surface area contributed by atoms with Crippen LogP contribution in [0.15, 0.2) is 40.8 Å². The second kappa shape index (κ2) is 8.63. The molecule has 4 heterocycles. The minimum Gasteiger partial charge on any atom is -0.494 e. The normalized spacial score (nSPS) is 14.7. The Morgan fingerprint density at radius 1 is 1.20 bits per heavy atom. The second-order valence-corrected chi connectivity index (χ2v) is 7.73. The third-order valence-electron chi connectivity index (χ3n) is 4.71. The van der Waals surface area contributed by atoms with E-state index in [4.69, 9.17) is 9.72 Å². The summed E-state index contributed by atoms with van der Waals surface area (Å²) >= 11 is 1.18. The van der Waals surface area contributed by atoms with Crippen LogP contribution in [0.1, 0.15) is 0 Å². The van der Waals surface area contributed by atoms with E-state index in [1.54, 1.807) is 13.3 Å². The monoisotopic (exact) mass is 428 g/mol. The maximum Gasteiger partial charge on any atom is 0.383 e. The number of aromatic nitrogens is 5. The molecular weight excluding hydrogens is 408 g/mol. The van der Waals surface area contributed by atoms with Gasteiger partial charge in [-0.2, -0.15) is 5.10 Å². The molecule has 0 bridgehead atoms. The summed E-state index contributed by atoms with van der Waals surface area (Å²) in [5.41, 5.74) is 2.25. The summed E-state index contributed by atoms with van der Waals surface area (Å²) in [5.74, 6) is 0.349. The standard InChI is InChI=1S/C18H20N8O3S/c1-24-5-7-25(8-6-24)18-13(29-2)9-15(22-17(18)12-3-4-20-23-12)30-16-11-19-10-14(21-16)26(27)28/h3-4,9-11H,5-8H2,1-2H3,(H,20,23). The summed E-state index contributed by atoms with van der Waals surface area (Å²) in [5, 5.41) is 19.1. The fourth-order valence-electron chi connectivity index (χ4n) is 3.19. The Labute approximate surface area is 176 Å². The topological polar surface area (TPSA) is 126 Å². The number of ether oxygens (including phenoxy) is 1. The van der Waals surface area contributed by atoms with Gasteiger partial charge in [0.2, 0.25) is 5.03 Å². The molecule has 3 aromatic heterocycles. The van der Waals surface area contributed by atoms with Crippen molar-refractivity contribution in [2.24, 2.45) is 0 Å². The minimum atomic E-state index is -0.573. The number of methoxy groups -OCH3 is 1. The Hall–Kier alpha value is -3.25. The van der Waals surface area contributed by atoms with E-state index < -0.39 is 4.92 Å². The van der Waals surface area contributed by atoms with Gasteiger partial charge < -0.3 is 24.7 Å². The zero-order chi connectivity index (χ0) is 21.1. The summed E-state index contributed by atoms with van der Waals surface area (Å²) in [6.07, 6.45) is 4.32. The predicted octanol–water partition coefficient (Wildman–Crippen LogP) is 2.08. The largest absolute Gasteiger partial charge is 0.494 e. The van der Waals surface area contributed by atoms with Gasteiger partial charge in [-0.3, -0.25) is 10.1 Å². The average molecular weight is 428 g/mol. The quantitative estimate of drug-likeness (QED) is 0.460. The molecule has 0 saturated carbocycles. The average Bonchev–Trinajstić information content (AvgIpc) is 3.29. The molecule has 11 nitrogen and oxygen atoms in total. The summed E-state index contributed by atoms with van der Waals surface area (Å²) in [6, 6.07) is 3.66. The maximum absolute atomic E-state index is 11.0. The number of nitrogens with one attached hydrogen (secondary N) is 1. The van der Waals surface area contributed by atoms with Gasteiger partial charge in [-0.05, 0) is 34.8 Å². The molecule has 1 aliphatic heterocycles. The highest BCUT2D eigenvalue weighted by molar-refractivity contribution is 7.99. The Morgan fingerprint density at radius 2 is 2.00 bits per heavy atom. The van der Waals surface area contributed by atoms with Crippen LogP contribution in [0.2, 0.25) is 0 Å². The van der Waals surface area contributed by atoms with Crippen molar-refractivity contribution in [3.05, 3.63) is 40.8 Å². The van der Waals surface area contributed by atoms with Gasteiger partial charge in [-0.1, -0.05) is 0 Å². The van der Waals surface area contributed by atoms with Crippen molar-refractivity contribution >= 4 is 23.3 Å². The van der Waals surface area contributed by atoms with Crippen LogP contribution in [-0.2, 0) is 0 Å². The first-order valence-corrected chi connectivity index (χ1v) is 10.0. The molecule has 0 radical (unpaired) electrons. The fourth-order valence-corrected chi connectivity index (χ4v) is 3.96. The molecule has 0 atom stereocenters. The molecule has 30 heavy (non-hydrogen) atoms. The van der Waals surface area contributed by atoms with E-state index in [9.17, 15) is 10.1 Å². The van der Waals surface area contributed by atoms with E-state index in [0.29, 0.717) is 27.2 Å². The van der Waals surface area contributed by atoms with E-state index in [1.165, 1.54) is 18.0 Å². The highest BCUT2D eigenvalue weighted by Crippen LogP contribution is 2.41. The zero-order valence-electron chi connectivity index (χ0n) is 16.5. The molecule has 1 N–H and O–H groups in total. The van der Waals surface area contributed by atoms with E-state index in [-0.39, 0.29) is 5.82 Å². The lowest BCUT2D eigenvalue weighted by Gasteiger charge is -2.35. The molecule has 1 aliphatic rings. The number of anilines is 1. The van der Waals surface area contributed by atoms with E-state index in [0.717, 1.165) is 38.1 Å². The molecule has 0 unspecified atom stereocenters. The highest BCUT2D eigenvalue weighted by atomic mass is 32.2. The molecule has 3 aromatic rings. The Morgan fingerprint density at radius 3 is 2.67 bits per heavy atom. The maximum atomic E-state index is 11.0. The number of likely N-dealkylation sites (N-methyl/N-ethyl adjacent to an activating group) is 1. The molecular formula is C18H20N8O3S. The number of hydrogen-bond donors (Lipinski definition) is 1. The lowest BCUT2D eigenvalue weighted by atomic mass is 10.1. The van der Waals surface area contributed by atoms with Crippen LogP contribution < -0.4 is 9.64 Å². The van der Waals surface area contributed by atoms with E-state index >= 15 is 0 Å². The molecule has 12 heteroatoms. The van der Waals surface area contributed by atoms with Crippen molar-refractivity contribution in [3.63, 3.8) is 0 Å². The zero-order valence-corrected chi connectivity index (χ0v) is 17.3. The molecule has 0 aromatic carbocycles. The first kappa shape index (κ1) is 20.0. The number of rotatable bonds is 6. The molecule has 1 fully saturated rings. The SMILES string of the molecule is COc1cc(Sc2cncc([N+](=O)[O-])n2)nc(-c2cc[nH]n2)c1N1CCN(C)CC1. The van der Waals surface area contributed by atoms with Crippen LogP contribution in [0.5, 0.6) is 5.75 Å². The summed E-state index contributed by atoms with van der Waals surface area (Å²) < 4.78 is 5.71. The van der Waals surface area contributed by atoms with Gasteiger partial charge in [0.1, 0.15) is 34.0 Å². The van der Waals surface area contributed by atoms with Crippen molar-refractivity contribution in [2.75, 3.05) is 45.2 Å². The van der Waals surface area contributed by atoms with Crippen molar-refractivity contribution in [1.82, 2.24) is 30.0 Å². The lowest BCUT2D eigenvalue weighted by Crippen LogP contribution is -2.44. The molecule has 0 amide bonds. The minimum absolute atomic E-state index is 0.312. The van der Waals surface area contributed by atoms with Crippen molar-refractivity contribution in [3.8, 4) is 17.1 Å². The lowest BCUT2D eigenvalue weighted by molar-refractivity contribution is -0.390.